The second-order valence-corrected chi connectivity index (χ2v) is 7.43. The van der Waals surface area contributed by atoms with Crippen molar-refractivity contribution in [3.63, 3.8) is 0 Å². The van der Waals surface area contributed by atoms with Crippen LogP contribution >= 0.6 is 0 Å². The molecule has 2 aliphatic carbocycles. The molecule has 2 saturated carbocycles. The molecular weight excluding hydrogens is 272 g/mol. The van der Waals surface area contributed by atoms with Gasteiger partial charge in [-0.15, -0.1) is 0 Å². The van der Waals surface area contributed by atoms with Crippen LogP contribution in [0.1, 0.15) is 43.7 Å². The molecule has 3 rings (SSSR count). The third-order valence-corrected chi connectivity index (χ3v) is 5.42. The first kappa shape index (κ1) is 15.5. The molecule has 0 heterocycles. The molecule has 2 aliphatic rings. The molecule has 0 radical (unpaired) electrons. The van der Waals surface area contributed by atoms with Gasteiger partial charge < -0.3 is 10.2 Å². The number of hydrogen-bond acceptors (Lipinski definition) is 2. The fraction of sp³-hybridized carbons (Fsp3) is 0.632. The highest BCUT2D eigenvalue weighted by Crippen LogP contribution is 2.49. The summed E-state index contributed by atoms with van der Waals surface area (Å²) in [4.78, 5) is 14.6. The number of benzene rings is 1. The van der Waals surface area contributed by atoms with Gasteiger partial charge in [0.25, 0.3) is 0 Å². The van der Waals surface area contributed by atoms with Gasteiger partial charge in [0.15, 0.2) is 0 Å². The Hall–Kier alpha value is -1.35. The minimum Gasteiger partial charge on any atom is -0.348 e. The summed E-state index contributed by atoms with van der Waals surface area (Å²) in [6.45, 7) is 0.840. The van der Waals surface area contributed by atoms with Crippen molar-refractivity contribution in [3.05, 3.63) is 35.9 Å². The van der Waals surface area contributed by atoms with E-state index in [-0.39, 0.29) is 11.9 Å². The molecule has 3 heteroatoms. The first-order chi connectivity index (χ1) is 10.6. The second-order valence-electron chi connectivity index (χ2n) is 7.43. The van der Waals surface area contributed by atoms with Crippen molar-refractivity contribution < 1.29 is 4.79 Å². The van der Waals surface area contributed by atoms with E-state index < -0.39 is 0 Å². The Morgan fingerprint density at radius 3 is 2.59 bits per heavy atom. The molecule has 3 nitrogen and oxygen atoms in total. The molecule has 22 heavy (non-hydrogen) atoms. The summed E-state index contributed by atoms with van der Waals surface area (Å²) in [5, 5.41) is 3.27. The predicted molar refractivity (Wildman–Crippen MR) is 89.4 cm³/mol. The Kier molecular flexibility index (Phi) is 4.82. The third kappa shape index (κ3) is 3.70. The molecule has 1 aromatic carbocycles. The maximum atomic E-state index is 12.5. The van der Waals surface area contributed by atoms with Crippen LogP contribution in [-0.2, 0) is 4.79 Å². The van der Waals surface area contributed by atoms with Crippen LogP contribution in [0.5, 0.6) is 0 Å². The Labute approximate surface area is 134 Å². The Morgan fingerprint density at radius 2 is 2.00 bits per heavy atom. The average Bonchev–Trinajstić information content (AvgIpc) is 3.09. The van der Waals surface area contributed by atoms with Gasteiger partial charge in [0.2, 0.25) is 5.91 Å². The van der Waals surface area contributed by atoms with E-state index in [0.29, 0.717) is 5.92 Å². The lowest BCUT2D eigenvalue weighted by atomic mass is 9.86. The van der Waals surface area contributed by atoms with E-state index in [4.69, 9.17) is 0 Å². The number of hydrogen-bond donors (Lipinski definition) is 1. The first-order valence-electron chi connectivity index (χ1n) is 8.61. The van der Waals surface area contributed by atoms with Gasteiger partial charge in [-0.25, -0.2) is 0 Å². The van der Waals surface area contributed by atoms with E-state index >= 15 is 0 Å². The topological polar surface area (TPSA) is 32.3 Å². The quantitative estimate of drug-likeness (QED) is 0.875. The highest BCUT2D eigenvalue weighted by atomic mass is 16.1. The monoisotopic (exact) mass is 300 g/mol. The van der Waals surface area contributed by atoms with Crippen molar-refractivity contribution in [2.75, 3.05) is 20.6 Å². The molecule has 4 atom stereocenters. The van der Waals surface area contributed by atoms with Crippen molar-refractivity contribution >= 4 is 5.91 Å². The normalized spacial score (nSPS) is 28.0. The molecule has 0 spiro atoms. The van der Waals surface area contributed by atoms with Crippen LogP contribution < -0.4 is 5.32 Å². The Bertz CT molecular complexity index is 499. The Balaban J connectivity index is 1.59. The third-order valence-electron chi connectivity index (χ3n) is 5.42. The van der Waals surface area contributed by atoms with E-state index in [2.05, 4.69) is 36.4 Å². The summed E-state index contributed by atoms with van der Waals surface area (Å²) in [5.41, 5.74) is 1.19. The molecule has 1 aromatic rings. The Morgan fingerprint density at radius 1 is 1.23 bits per heavy atom. The van der Waals surface area contributed by atoms with Gasteiger partial charge in [0.1, 0.15) is 0 Å². The number of carbonyl (C=O) groups is 1. The molecular formula is C19H28N2O. The van der Waals surface area contributed by atoms with E-state index in [0.717, 1.165) is 24.8 Å². The number of nitrogens with one attached hydrogen (secondary N) is 1. The summed E-state index contributed by atoms with van der Waals surface area (Å²) in [5.74, 6) is 2.59. The van der Waals surface area contributed by atoms with Gasteiger partial charge in [0.05, 0.1) is 6.04 Å². The summed E-state index contributed by atoms with van der Waals surface area (Å²) in [7, 11) is 4.11. The largest absolute Gasteiger partial charge is 0.348 e. The van der Waals surface area contributed by atoms with Crippen molar-refractivity contribution in [1.29, 1.82) is 0 Å². The minimum absolute atomic E-state index is 0.0855. The van der Waals surface area contributed by atoms with E-state index in [1.54, 1.807) is 0 Å². The van der Waals surface area contributed by atoms with Crippen LogP contribution in [0.15, 0.2) is 30.3 Å². The maximum Gasteiger partial charge on any atom is 0.220 e. The van der Waals surface area contributed by atoms with E-state index in [1.165, 1.54) is 31.2 Å². The van der Waals surface area contributed by atoms with Crippen LogP contribution in [0.3, 0.4) is 0 Å². The second kappa shape index (κ2) is 6.82. The van der Waals surface area contributed by atoms with Gasteiger partial charge in [-0.05, 0) is 56.7 Å². The number of amides is 1. The van der Waals surface area contributed by atoms with E-state index in [9.17, 15) is 4.79 Å². The first-order valence-corrected chi connectivity index (χ1v) is 8.61. The van der Waals surface area contributed by atoms with Gasteiger partial charge >= 0.3 is 0 Å². The van der Waals surface area contributed by atoms with Crippen LogP contribution in [0.4, 0.5) is 0 Å². The fourth-order valence-corrected chi connectivity index (χ4v) is 4.40. The minimum atomic E-state index is 0.0855. The van der Waals surface area contributed by atoms with Crippen molar-refractivity contribution in [3.8, 4) is 0 Å². The summed E-state index contributed by atoms with van der Waals surface area (Å²) in [6.07, 6.45) is 6.12. The lowest BCUT2D eigenvalue weighted by Gasteiger charge is -2.25. The molecule has 2 bridgehead atoms. The summed E-state index contributed by atoms with van der Waals surface area (Å²) < 4.78 is 0. The van der Waals surface area contributed by atoms with Crippen molar-refractivity contribution in [1.82, 2.24) is 10.2 Å². The maximum absolute atomic E-state index is 12.5. The standard InChI is InChI=1S/C19H28N2O/c1-21(2)13-18(15-6-4-3-5-7-15)20-19(22)12-17-11-14-8-9-16(17)10-14/h3-7,14,16-18H,8-13H2,1-2H3,(H,20,22)/t14-,16-,17+,18+/m0/s1. The molecule has 1 N–H and O–H groups in total. The van der Waals surface area contributed by atoms with Crippen LogP contribution in [0.25, 0.3) is 0 Å². The fourth-order valence-electron chi connectivity index (χ4n) is 4.40. The van der Waals surface area contributed by atoms with Crippen molar-refractivity contribution in [2.24, 2.45) is 17.8 Å². The number of nitrogens with zero attached hydrogens (tertiary/aromatic N) is 1. The van der Waals surface area contributed by atoms with Gasteiger partial charge in [-0.3, -0.25) is 4.79 Å². The molecule has 2 fully saturated rings. The smallest absolute Gasteiger partial charge is 0.220 e. The summed E-state index contributed by atoms with van der Waals surface area (Å²) >= 11 is 0. The van der Waals surface area contributed by atoms with Gasteiger partial charge in [-0.2, -0.15) is 0 Å². The van der Waals surface area contributed by atoms with Gasteiger partial charge in [0, 0.05) is 13.0 Å². The molecule has 0 saturated heterocycles. The predicted octanol–water partition coefficient (Wildman–Crippen LogP) is 3.23. The average molecular weight is 300 g/mol. The molecule has 0 aromatic heterocycles. The summed E-state index contributed by atoms with van der Waals surface area (Å²) in [6, 6.07) is 10.4. The van der Waals surface area contributed by atoms with Crippen LogP contribution in [-0.4, -0.2) is 31.4 Å². The van der Waals surface area contributed by atoms with E-state index in [1.807, 2.05) is 18.2 Å². The molecule has 0 aliphatic heterocycles. The van der Waals surface area contributed by atoms with Gasteiger partial charge in [-0.1, -0.05) is 36.8 Å². The molecule has 1 amide bonds. The number of likely N-dealkylation sites (N-methyl/N-ethyl adjacent to an activating group) is 1. The highest BCUT2D eigenvalue weighted by Gasteiger charge is 2.40. The zero-order valence-electron chi connectivity index (χ0n) is 13.8. The van der Waals surface area contributed by atoms with Crippen molar-refractivity contribution in [2.45, 2.75) is 38.1 Å². The molecule has 120 valence electrons. The zero-order chi connectivity index (χ0) is 15.5. The molecule has 0 unspecified atom stereocenters. The number of carbonyl (C=O) groups excluding carboxylic acids is 1. The highest BCUT2D eigenvalue weighted by molar-refractivity contribution is 5.76. The van der Waals surface area contributed by atoms with Crippen LogP contribution in [0, 0.1) is 17.8 Å². The zero-order valence-corrected chi connectivity index (χ0v) is 13.8. The SMILES string of the molecule is CN(C)C[C@@H](NC(=O)C[C@H]1C[C@H]2CC[C@H]1C2)c1ccccc1. The lowest BCUT2D eigenvalue weighted by molar-refractivity contribution is -0.123. The number of fused-ring (bicyclic) bond motifs is 2. The number of rotatable bonds is 6. The van der Waals surface area contributed by atoms with Crippen LogP contribution in [0.2, 0.25) is 0 Å². The lowest BCUT2D eigenvalue weighted by Crippen LogP contribution is -2.36.